The van der Waals surface area contributed by atoms with Crippen molar-refractivity contribution in [3.63, 3.8) is 0 Å². The smallest absolute Gasteiger partial charge is 0.270 e. The summed E-state index contributed by atoms with van der Waals surface area (Å²) in [5.74, 6) is 0.513. The van der Waals surface area contributed by atoms with E-state index in [0.29, 0.717) is 25.0 Å². The number of ether oxygens (including phenoxy) is 1. The van der Waals surface area contributed by atoms with Crippen LogP contribution in [-0.2, 0) is 11.4 Å². The highest BCUT2D eigenvalue weighted by Crippen LogP contribution is 2.38. The first-order chi connectivity index (χ1) is 17.3. The van der Waals surface area contributed by atoms with Crippen molar-refractivity contribution in [2.45, 2.75) is 27.4 Å². The van der Waals surface area contributed by atoms with Crippen LogP contribution >= 0.6 is 47.2 Å². The van der Waals surface area contributed by atoms with Gasteiger partial charge in [-0.25, -0.2) is 0 Å². The van der Waals surface area contributed by atoms with Crippen molar-refractivity contribution >= 4 is 74.9 Å². The van der Waals surface area contributed by atoms with Crippen LogP contribution < -0.4 is 14.5 Å². The maximum atomic E-state index is 13.3. The van der Waals surface area contributed by atoms with Crippen LogP contribution in [0.5, 0.6) is 5.75 Å². The summed E-state index contributed by atoms with van der Waals surface area (Å²) in [6.07, 6.45) is 1.85. The second-order valence-electron chi connectivity index (χ2n) is 8.27. The molecule has 4 rings (SSSR count). The summed E-state index contributed by atoms with van der Waals surface area (Å²) in [7, 11) is 0. The van der Waals surface area contributed by atoms with Crippen molar-refractivity contribution in [2.75, 3.05) is 22.9 Å². The molecule has 0 saturated carbocycles. The summed E-state index contributed by atoms with van der Waals surface area (Å²) < 4.78 is 6.76. The quantitative estimate of drug-likeness (QED) is 0.206. The minimum atomic E-state index is -0.145. The molecule has 4 nitrogen and oxygen atoms in total. The molecule has 0 aliphatic carbocycles. The van der Waals surface area contributed by atoms with Crippen molar-refractivity contribution in [3.05, 3.63) is 92.3 Å². The van der Waals surface area contributed by atoms with E-state index in [4.69, 9.17) is 40.2 Å². The number of anilines is 2. The van der Waals surface area contributed by atoms with E-state index in [0.717, 1.165) is 41.2 Å². The first-order valence-electron chi connectivity index (χ1n) is 11.6. The highest BCUT2D eigenvalue weighted by molar-refractivity contribution is 8.27. The van der Waals surface area contributed by atoms with Gasteiger partial charge in [0.1, 0.15) is 12.4 Å². The van der Waals surface area contributed by atoms with E-state index in [-0.39, 0.29) is 12.5 Å². The fraction of sp³-hybridized carbons (Fsp3) is 0.214. The minimum absolute atomic E-state index is 0.145. The largest absolute Gasteiger partial charge is 0.488 e. The monoisotopic (exact) mass is 556 g/mol. The van der Waals surface area contributed by atoms with Crippen molar-refractivity contribution in [1.29, 1.82) is 0 Å². The zero-order valence-electron chi connectivity index (χ0n) is 20.3. The number of hydrogen-bond donors (Lipinski definition) is 0. The van der Waals surface area contributed by atoms with Gasteiger partial charge in [0.05, 0.1) is 10.6 Å². The Bertz CT molecular complexity index is 1320. The standard InChI is InChI=1S/C28H26Cl2N2O2S2/c1-4-31(5-2)23-13-9-19(25(16-23)34-17-20-8-10-21(29)15-24(20)30)14-26-27(33)32(28(35)36-26)22-11-6-18(3)7-12-22/h6-16H,4-5,17H2,1-3H3/b26-14-. The number of hydrogen-bond acceptors (Lipinski definition) is 5. The molecular formula is C28H26Cl2N2O2S2. The molecule has 0 spiro atoms. The zero-order valence-corrected chi connectivity index (χ0v) is 23.4. The molecule has 186 valence electrons. The second kappa shape index (κ2) is 11.7. The van der Waals surface area contributed by atoms with Crippen molar-refractivity contribution < 1.29 is 9.53 Å². The Labute approximate surface area is 231 Å². The second-order valence-corrected chi connectivity index (χ2v) is 10.8. The molecular weight excluding hydrogens is 531 g/mol. The van der Waals surface area contributed by atoms with Crippen molar-refractivity contribution in [3.8, 4) is 5.75 Å². The van der Waals surface area contributed by atoms with Gasteiger partial charge in [-0.3, -0.25) is 9.69 Å². The van der Waals surface area contributed by atoms with Gasteiger partial charge in [0.25, 0.3) is 5.91 Å². The lowest BCUT2D eigenvalue weighted by atomic mass is 10.1. The Morgan fingerprint density at radius 1 is 1.03 bits per heavy atom. The summed E-state index contributed by atoms with van der Waals surface area (Å²) in [6, 6.07) is 19.1. The maximum Gasteiger partial charge on any atom is 0.270 e. The van der Waals surface area contributed by atoms with Gasteiger partial charge >= 0.3 is 0 Å². The number of rotatable bonds is 8. The number of benzene rings is 3. The molecule has 1 heterocycles. The minimum Gasteiger partial charge on any atom is -0.488 e. The van der Waals surface area contributed by atoms with Crippen LogP contribution in [0.25, 0.3) is 6.08 Å². The van der Waals surface area contributed by atoms with Gasteiger partial charge in [-0.1, -0.05) is 70.9 Å². The first kappa shape index (κ1) is 26.6. The fourth-order valence-electron chi connectivity index (χ4n) is 3.87. The predicted molar refractivity (Wildman–Crippen MR) is 158 cm³/mol. The van der Waals surface area contributed by atoms with Gasteiger partial charge < -0.3 is 9.64 Å². The highest BCUT2D eigenvalue weighted by Gasteiger charge is 2.33. The molecule has 0 aromatic heterocycles. The molecule has 36 heavy (non-hydrogen) atoms. The van der Waals surface area contributed by atoms with Gasteiger partial charge in [0.2, 0.25) is 0 Å². The molecule has 1 fully saturated rings. The van der Waals surface area contributed by atoms with Gasteiger partial charge in [0.15, 0.2) is 4.32 Å². The summed E-state index contributed by atoms with van der Waals surface area (Å²) in [6.45, 7) is 8.24. The Balaban J connectivity index is 1.67. The molecule has 0 atom stereocenters. The molecule has 1 amide bonds. The summed E-state index contributed by atoms with van der Waals surface area (Å²) in [5.41, 5.74) is 4.54. The van der Waals surface area contributed by atoms with Gasteiger partial charge in [-0.05, 0) is 63.2 Å². The predicted octanol–water partition coefficient (Wildman–Crippen LogP) is 8.13. The summed E-state index contributed by atoms with van der Waals surface area (Å²) in [4.78, 5) is 17.7. The number of thioether (sulfide) groups is 1. The van der Waals surface area contributed by atoms with E-state index in [9.17, 15) is 4.79 Å². The summed E-state index contributed by atoms with van der Waals surface area (Å²) >= 11 is 19.2. The third-order valence-electron chi connectivity index (χ3n) is 5.90. The number of thiocarbonyl (C=S) groups is 1. The van der Waals surface area contributed by atoms with E-state index in [1.54, 1.807) is 17.0 Å². The molecule has 0 N–H and O–H groups in total. The molecule has 1 aliphatic rings. The molecule has 0 radical (unpaired) electrons. The number of halogens is 2. The normalized spacial score (nSPS) is 14.6. The van der Waals surface area contributed by atoms with E-state index < -0.39 is 0 Å². The average molecular weight is 558 g/mol. The number of nitrogens with zero attached hydrogens (tertiary/aromatic N) is 2. The molecule has 3 aromatic carbocycles. The SMILES string of the molecule is CCN(CC)c1ccc(/C=C2\SC(=S)N(c3ccc(C)cc3)C2=O)c(OCc2ccc(Cl)cc2Cl)c1. The van der Waals surface area contributed by atoms with Crippen LogP contribution in [0.15, 0.2) is 65.6 Å². The van der Waals surface area contributed by atoms with Crippen LogP contribution in [-0.4, -0.2) is 23.3 Å². The van der Waals surface area contributed by atoms with Crippen LogP contribution in [0.4, 0.5) is 11.4 Å². The third-order valence-corrected chi connectivity index (χ3v) is 7.79. The number of aryl methyl sites for hydroxylation is 1. The topological polar surface area (TPSA) is 32.8 Å². The molecule has 1 aliphatic heterocycles. The van der Waals surface area contributed by atoms with Gasteiger partial charge in [-0.15, -0.1) is 0 Å². The lowest BCUT2D eigenvalue weighted by molar-refractivity contribution is -0.113. The van der Waals surface area contributed by atoms with E-state index >= 15 is 0 Å². The maximum absolute atomic E-state index is 13.3. The van der Waals surface area contributed by atoms with Crippen molar-refractivity contribution in [2.24, 2.45) is 0 Å². The van der Waals surface area contributed by atoms with E-state index in [2.05, 4.69) is 18.7 Å². The third kappa shape index (κ3) is 5.89. The number of carbonyl (C=O) groups excluding carboxylic acids is 1. The van der Waals surface area contributed by atoms with Crippen LogP contribution in [0.1, 0.15) is 30.5 Å². The van der Waals surface area contributed by atoms with Crippen LogP contribution in [0, 0.1) is 6.92 Å². The molecule has 8 heteroatoms. The van der Waals surface area contributed by atoms with E-state index in [1.807, 2.05) is 61.5 Å². The fourth-order valence-corrected chi connectivity index (χ4v) is 5.63. The van der Waals surface area contributed by atoms with Gasteiger partial charge in [0, 0.05) is 46.0 Å². The van der Waals surface area contributed by atoms with Gasteiger partial charge in [-0.2, -0.15) is 0 Å². The van der Waals surface area contributed by atoms with Crippen LogP contribution in [0.3, 0.4) is 0 Å². The zero-order chi connectivity index (χ0) is 25.8. The van der Waals surface area contributed by atoms with Crippen LogP contribution in [0.2, 0.25) is 10.0 Å². The Morgan fingerprint density at radius 2 is 1.75 bits per heavy atom. The Hall–Kier alpha value is -2.51. The average Bonchev–Trinajstić information content (AvgIpc) is 3.13. The molecule has 0 bridgehead atoms. The lowest BCUT2D eigenvalue weighted by Gasteiger charge is -2.22. The van der Waals surface area contributed by atoms with E-state index in [1.165, 1.54) is 11.8 Å². The van der Waals surface area contributed by atoms with Crippen molar-refractivity contribution in [1.82, 2.24) is 0 Å². The molecule has 3 aromatic rings. The summed E-state index contributed by atoms with van der Waals surface area (Å²) in [5, 5.41) is 1.12. The lowest BCUT2D eigenvalue weighted by Crippen LogP contribution is -2.27. The number of amides is 1. The molecule has 0 unspecified atom stereocenters. The first-order valence-corrected chi connectivity index (χ1v) is 13.6. The molecule has 1 saturated heterocycles. The Morgan fingerprint density at radius 3 is 2.42 bits per heavy atom. The Kier molecular flexibility index (Phi) is 8.62. The highest BCUT2D eigenvalue weighted by atomic mass is 35.5. The number of carbonyl (C=O) groups is 1.